The van der Waals surface area contributed by atoms with Gasteiger partial charge in [0.2, 0.25) is 5.91 Å². The number of amides is 1. The number of halogens is 1. The highest BCUT2D eigenvalue weighted by Gasteiger charge is 2.18. The number of hydrogen-bond acceptors (Lipinski definition) is 4. The topological polar surface area (TPSA) is 51.0 Å². The Bertz CT molecular complexity index is 896. The Morgan fingerprint density at radius 3 is 2.46 bits per heavy atom. The van der Waals surface area contributed by atoms with Crippen molar-refractivity contribution >= 4 is 17.7 Å². The second-order valence-electron chi connectivity index (χ2n) is 5.93. The van der Waals surface area contributed by atoms with Crippen LogP contribution in [0.15, 0.2) is 59.8 Å². The van der Waals surface area contributed by atoms with Gasteiger partial charge >= 0.3 is 0 Å². The zero-order valence-electron chi connectivity index (χ0n) is 14.6. The maximum atomic E-state index is 14.3. The van der Waals surface area contributed by atoms with Gasteiger partial charge in [-0.1, -0.05) is 54.2 Å². The Balaban J connectivity index is 1.97. The summed E-state index contributed by atoms with van der Waals surface area (Å²) >= 11 is 1.30. The number of carbonyl (C=O) groups is 1. The van der Waals surface area contributed by atoms with Crippen molar-refractivity contribution in [3.8, 4) is 11.4 Å². The molecule has 26 heavy (non-hydrogen) atoms. The molecule has 7 heteroatoms. The first-order valence-corrected chi connectivity index (χ1v) is 9.10. The maximum Gasteiger partial charge on any atom is 0.232 e. The zero-order chi connectivity index (χ0) is 18.5. The predicted molar refractivity (Wildman–Crippen MR) is 100 cm³/mol. The van der Waals surface area contributed by atoms with Crippen LogP contribution in [0.1, 0.15) is 5.56 Å². The first-order valence-electron chi connectivity index (χ1n) is 8.11. The molecule has 0 aliphatic heterocycles. The smallest absolute Gasteiger partial charge is 0.232 e. The quantitative estimate of drug-likeness (QED) is 0.625. The number of hydrogen-bond donors (Lipinski definition) is 0. The molecule has 1 amide bonds. The highest BCUT2D eigenvalue weighted by atomic mass is 32.2. The summed E-state index contributed by atoms with van der Waals surface area (Å²) in [6, 6.07) is 16.3. The largest absolute Gasteiger partial charge is 0.348 e. The standard InChI is InChI=1S/C19H19FN4OS/c1-23(2)17(25)13-26-19-22-21-18(15-10-6-7-11-16(15)20)24(19)12-14-8-4-3-5-9-14/h3-11H,12-13H2,1-2H3. The Hall–Kier alpha value is -2.67. The minimum Gasteiger partial charge on any atom is -0.348 e. The summed E-state index contributed by atoms with van der Waals surface area (Å²) < 4.78 is 16.1. The molecular weight excluding hydrogens is 351 g/mol. The molecule has 0 saturated heterocycles. The van der Waals surface area contributed by atoms with Crippen molar-refractivity contribution in [1.82, 2.24) is 19.7 Å². The van der Waals surface area contributed by atoms with Gasteiger partial charge in [0.05, 0.1) is 17.9 Å². The van der Waals surface area contributed by atoms with Crippen LogP contribution in [0.4, 0.5) is 4.39 Å². The Labute approximate surface area is 155 Å². The highest BCUT2D eigenvalue weighted by Crippen LogP contribution is 2.27. The van der Waals surface area contributed by atoms with E-state index in [0.29, 0.717) is 23.1 Å². The minimum absolute atomic E-state index is 0.0169. The van der Waals surface area contributed by atoms with Crippen LogP contribution in [0.25, 0.3) is 11.4 Å². The van der Waals surface area contributed by atoms with Crippen molar-refractivity contribution in [3.05, 3.63) is 66.0 Å². The molecule has 0 N–H and O–H groups in total. The molecule has 2 aromatic carbocycles. The summed E-state index contributed by atoms with van der Waals surface area (Å²) in [7, 11) is 3.42. The third-order valence-electron chi connectivity index (χ3n) is 3.84. The van der Waals surface area contributed by atoms with E-state index >= 15 is 0 Å². The molecule has 0 saturated carbocycles. The first-order chi connectivity index (χ1) is 12.6. The summed E-state index contributed by atoms with van der Waals surface area (Å²) in [6.45, 7) is 0.496. The van der Waals surface area contributed by atoms with Gasteiger partial charge in [0.25, 0.3) is 0 Å². The lowest BCUT2D eigenvalue weighted by Gasteiger charge is -2.12. The maximum absolute atomic E-state index is 14.3. The summed E-state index contributed by atoms with van der Waals surface area (Å²) in [5.41, 5.74) is 1.44. The van der Waals surface area contributed by atoms with E-state index in [1.807, 2.05) is 34.9 Å². The minimum atomic E-state index is -0.352. The van der Waals surface area contributed by atoms with Crippen LogP contribution in [-0.4, -0.2) is 45.4 Å². The average Bonchev–Trinajstić information content (AvgIpc) is 3.03. The van der Waals surface area contributed by atoms with Crippen LogP contribution < -0.4 is 0 Å². The lowest BCUT2D eigenvalue weighted by atomic mass is 10.2. The average molecular weight is 370 g/mol. The van der Waals surface area contributed by atoms with E-state index in [1.54, 1.807) is 32.3 Å². The Morgan fingerprint density at radius 2 is 1.77 bits per heavy atom. The lowest BCUT2D eigenvalue weighted by Crippen LogP contribution is -2.23. The molecule has 5 nitrogen and oxygen atoms in total. The van der Waals surface area contributed by atoms with Crippen LogP contribution in [0, 0.1) is 5.82 Å². The normalized spacial score (nSPS) is 10.7. The summed E-state index contributed by atoms with van der Waals surface area (Å²) in [4.78, 5) is 13.4. The molecule has 0 aliphatic carbocycles. The molecule has 0 aliphatic rings. The second kappa shape index (κ2) is 8.14. The number of nitrogens with zero attached hydrogens (tertiary/aromatic N) is 4. The van der Waals surface area contributed by atoms with E-state index in [9.17, 15) is 9.18 Å². The van der Waals surface area contributed by atoms with Crippen LogP contribution >= 0.6 is 11.8 Å². The predicted octanol–water partition coefficient (Wildman–Crippen LogP) is 3.31. The van der Waals surface area contributed by atoms with Crippen LogP contribution in [0.3, 0.4) is 0 Å². The second-order valence-corrected chi connectivity index (χ2v) is 6.88. The first kappa shape index (κ1) is 18.1. The Morgan fingerprint density at radius 1 is 1.08 bits per heavy atom. The van der Waals surface area contributed by atoms with Crippen LogP contribution in [0.2, 0.25) is 0 Å². The van der Waals surface area contributed by atoms with Gasteiger partial charge in [-0.15, -0.1) is 10.2 Å². The fourth-order valence-electron chi connectivity index (χ4n) is 2.40. The molecule has 134 valence electrons. The fourth-order valence-corrected chi connectivity index (χ4v) is 3.32. The molecule has 3 rings (SSSR count). The van der Waals surface area contributed by atoms with E-state index in [1.165, 1.54) is 22.7 Å². The van der Waals surface area contributed by atoms with Crippen molar-refractivity contribution in [2.45, 2.75) is 11.7 Å². The molecule has 0 atom stereocenters. The summed E-state index contributed by atoms with van der Waals surface area (Å²) in [5, 5.41) is 8.98. The van der Waals surface area contributed by atoms with E-state index < -0.39 is 0 Å². The molecule has 0 fully saturated rings. The molecule has 0 spiro atoms. The molecule has 0 radical (unpaired) electrons. The number of thioether (sulfide) groups is 1. The number of carbonyl (C=O) groups excluding carboxylic acids is 1. The molecule has 3 aromatic rings. The van der Waals surface area contributed by atoms with Gasteiger partial charge in [-0.05, 0) is 17.7 Å². The molecule has 1 aromatic heterocycles. The summed E-state index contributed by atoms with van der Waals surface area (Å²) in [5.74, 6) is 0.329. The van der Waals surface area contributed by atoms with Crippen molar-refractivity contribution < 1.29 is 9.18 Å². The van der Waals surface area contributed by atoms with Crippen molar-refractivity contribution in [2.75, 3.05) is 19.8 Å². The number of aromatic nitrogens is 3. The van der Waals surface area contributed by atoms with E-state index in [4.69, 9.17) is 0 Å². The van der Waals surface area contributed by atoms with Crippen molar-refractivity contribution in [1.29, 1.82) is 0 Å². The molecular formula is C19H19FN4OS. The fraction of sp³-hybridized carbons (Fsp3) is 0.211. The van der Waals surface area contributed by atoms with Crippen molar-refractivity contribution in [3.63, 3.8) is 0 Å². The van der Waals surface area contributed by atoms with Gasteiger partial charge < -0.3 is 4.90 Å². The molecule has 0 unspecified atom stereocenters. The lowest BCUT2D eigenvalue weighted by molar-refractivity contribution is -0.125. The molecule has 1 heterocycles. The van der Waals surface area contributed by atoms with Gasteiger partial charge in [0.15, 0.2) is 11.0 Å². The highest BCUT2D eigenvalue weighted by molar-refractivity contribution is 7.99. The SMILES string of the molecule is CN(C)C(=O)CSc1nnc(-c2ccccc2F)n1Cc1ccccc1. The van der Waals surface area contributed by atoms with E-state index in [0.717, 1.165) is 5.56 Å². The van der Waals surface area contributed by atoms with Crippen LogP contribution in [-0.2, 0) is 11.3 Å². The van der Waals surface area contributed by atoms with Gasteiger partial charge in [0, 0.05) is 14.1 Å². The van der Waals surface area contributed by atoms with E-state index in [2.05, 4.69) is 10.2 Å². The van der Waals surface area contributed by atoms with Crippen LogP contribution in [0.5, 0.6) is 0 Å². The van der Waals surface area contributed by atoms with Gasteiger partial charge in [-0.2, -0.15) is 0 Å². The third kappa shape index (κ3) is 4.11. The van der Waals surface area contributed by atoms with Gasteiger partial charge in [-0.3, -0.25) is 9.36 Å². The van der Waals surface area contributed by atoms with Gasteiger partial charge in [-0.25, -0.2) is 4.39 Å². The van der Waals surface area contributed by atoms with E-state index in [-0.39, 0.29) is 17.5 Å². The monoisotopic (exact) mass is 370 g/mol. The van der Waals surface area contributed by atoms with Gasteiger partial charge in [0.1, 0.15) is 5.82 Å². The third-order valence-corrected chi connectivity index (χ3v) is 4.79. The summed E-state index contributed by atoms with van der Waals surface area (Å²) in [6.07, 6.45) is 0. The number of benzene rings is 2. The number of rotatable bonds is 6. The molecule has 0 bridgehead atoms. The van der Waals surface area contributed by atoms with Crippen molar-refractivity contribution in [2.24, 2.45) is 0 Å². The zero-order valence-corrected chi connectivity index (χ0v) is 15.4. The Kier molecular flexibility index (Phi) is 5.68.